The molecule has 1 heterocycles. The summed E-state index contributed by atoms with van der Waals surface area (Å²) in [4.78, 5) is 11.7. The molecule has 0 unspecified atom stereocenters. The second-order valence-electron chi connectivity index (χ2n) is 5.05. The van der Waals surface area contributed by atoms with Crippen LogP contribution in [-0.4, -0.2) is 17.1 Å². The van der Waals surface area contributed by atoms with Crippen LogP contribution in [0.5, 0.6) is 5.75 Å². The third-order valence-corrected chi connectivity index (χ3v) is 3.95. The number of hydrogen-bond acceptors (Lipinski definition) is 3. The van der Waals surface area contributed by atoms with Crippen LogP contribution >= 0.6 is 28.1 Å². The molecule has 0 spiro atoms. The summed E-state index contributed by atoms with van der Waals surface area (Å²) >= 11 is 8.71. The van der Waals surface area contributed by atoms with Gasteiger partial charge in [0.05, 0.1) is 5.69 Å². The van der Waals surface area contributed by atoms with Crippen molar-refractivity contribution in [1.82, 2.24) is 0 Å². The van der Waals surface area contributed by atoms with Gasteiger partial charge in [-0.1, -0.05) is 22.0 Å². The minimum Gasteiger partial charge on any atom is -0.479 e. The summed E-state index contributed by atoms with van der Waals surface area (Å²) in [5.41, 5.74) is 2.26. The van der Waals surface area contributed by atoms with E-state index in [0.29, 0.717) is 16.5 Å². The highest BCUT2D eigenvalue weighted by Gasteiger charge is 2.23. The van der Waals surface area contributed by atoms with Crippen LogP contribution in [0.15, 0.2) is 46.9 Å². The number of rotatable bonds is 2. The Morgan fingerprint density at radius 3 is 2.70 bits per heavy atom. The lowest BCUT2D eigenvalue weighted by Gasteiger charge is -2.23. The molecule has 0 radical (unpaired) electrons. The third-order valence-electron chi connectivity index (χ3n) is 3.25. The topological polar surface area (TPSA) is 62.4 Å². The zero-order valence-corrected chi connectivity index (χ0v) is 14.6. The lowest BCUT2D eigenvalue weighted by molar-refractivity contribution is -0.122. The second kappa shape index (κ2) is 6.55. The average Bonchev–Trinajstić information content (AvgIpc) is 2.48. The number of anilines is 3. The maximum absolute atomic E-state index is 11.7. The number of ether oxygens (including phenoxy) is 1. The van der Waals surface area contributed by atoms with E-state index in [1.807, 2.05) is 30.3 Å². The van der Waals surface area contributed by atoms with Crippen LogP contribution in [0.2, 0.25) is 0 Å². The van der Waals surface area contributed by atoms with Gasteiger partial charge in [-0.25, -0.2) is 0 Å². The molecule has 3 N–H and O–H groups in total. The van der Waals surface area contributed by atoms with E-state index in [1.165, 1.54) is 0 Å². The van der Waals surface area contributed by atoms with E-state index in [1.54, 1.807) is 19.1 Å². The zero-order chi connectivity index (χ0) is 16.4. The van der Waals surface area contributed by atoms with Gasteiger partial charge in [-0.2, -0.15) is 0 Å². The van der Waals surface area contributed by atoms with Crippen molar-refractivity contribution in [2.24, 2.45) is 0 Å². The normalized spacial score (nSPS) is 15.9. The molecule has 1 aliphatic rings. The fourth-order valence-electron chi connectivity index (χ4n) is 2.15. The Kier molecular flexibility index (Phi) is 4.49. The number of halogens is 1. The Labute approximate surface area is 147 Å². The molecule has 7 heteroatoms. The molecule has 0 saturated heterocycles. The van der Waals surface area contributed by atoms with Gasteiger partial charge in [0.15, 0.2) is 11.2 Å². The second-order valence-corrected chi connectivity index (χ2v) is 6.37. The average molecular weight is 392 g/mol. The highest BCUT2D eigenvalue weighted by Crippen LogP contribution is 2.32. The fraction of sp³-hybridized carbons (Fsp3) is 0.125. The van der Waals surface area contributed by atoms with Crippen molar-refractivity contribution in [3.05, 3.63) is 46.9 Å². The first kappa shape index (κ1) is 15.8. The molecule has 1 aliphatic heterocycles. The van der Waals surface area contributed by atoms with Crippen molar-refractivity contribution in [1.29, 1.82) is 0 Å². The Bertz CT molecular complexity index is 782. The van der Waals surface area contributed by atoms with Gasteiger partial charge in [0.1, 0.15) is 5.75 Å². The standard InChI is InChI=1S/C16H14BrN3O2S/c1-9-15(21)20-13-8-12(5-6-14(13)22-9)19-16(23)18-11-4-2-3-10(17)7-11/h2-9H,1H3,(H,20,21)(H2,18,19,23)/t9-/m1/s1. The van der Waals surface area contributed by atoms with Gasteiger partial charge < -0.3 is 20.7 Å². The molecule has 0 bridgehead atoms. The van der Waals surface area contributed by atoms with E-state index in [9.17, 15) is 4.79 Å². The highest BCUT2D eigenvalue weighted by atomic mass is 79.9. The van der Waals surface area contributed by atoms with Crippen molar-refractivity contribution >= 4 is 56.2 Å². The Morgan fingerprint density at radius 1 is 1.22 bits per heavy atom. The Hall–Kier alpha value is -2.12. The van der Waals surface area contributed by atoms with Crippen LogP contribution < -0.4 is 20.7 Å². The van der Waals surface area contributed by atoms with E-state index in [-0.39, 0.29) is 5.91 Å². The molecule has 2 aromatic carbocycles. The van der Waals surface area contributed by atoms with Gasteiger partial charge in [-0.15, -0.1) is 0 Å². The van der Waals surface area contributed by atoms with Gasteiger partial charge >= 0.3 is 0 Å². The fourth-order valence-corrected chi connectivity index (χ4v) is 2.78. The summed E-state index contributed by atoms with van der Waals surface area (Å²) in [7, 11) is 0. The summed E-state index contributed by atoms with van der Waals surface area (Å²) in [5, 5.41) is 9.45. The Balaban J connectivity index is 1.70. The molecule has 0 aromatic heterocycles. The van der Waals surface area contributed by atoms with Crippen molar-refractivity contribution < 1.29 is 9.53 Å². The van der Waals surface area contributed by atoms with Crippen molar-refractivity contribution in [2.75, 3.05) is 16.0 Å². The number of fused-ring (bicyclic) bond motifs is 1. The van der Waals surface area contributed by atoms with E-state index in [4.69, 9.17) is 17.0 Å². The molecule has 0 fully saturated rings. The van der Waals surface area contributed by atoms with Crippen LogP contribution in [0.25, 0.3) is 0 Å². The predicted molar refractivity (Wildman–Crippen MR) is 99.1 cm³/mol. The van der Waals surface area contributed by atoms with Crippen LogP contribution in [0, 0.1) is 0 Å². The monoisotopic (exact) mass is 391 g/mol. The number of carbonyl (C=O) groups is 1. The van der Waals surface area contributed by atoms with E-state index >= 15 is 0 Å². The first-order valence-corrected chi connectivity index (χ1v) is 8.16. The van der Waals surface area contributed by atoms with Crippen molar-refractivity contribution in [2.45, 2.75) is 13.0 Å². The summed E-state index contributed by atoms with van der Waals surface area (Å²) < 4.78 is 6.49. The summed E-state index contributed by atoms with van der Waals surface area (Å²) in [6, 6.07) is 13.1. The molecule has 0 aliphatic carbocycles. The van der Waals surface area contributed by atoms with Crippen molar-refractivity contribution in [3.8, 4) is 5.75 Å². The predicted octanol–water partition coefficient (Wildman–Crippen LogP) is 3.98. The summed E-state index contributed by atoms with van der Waals surface area (Å²) in [6.45, 7) is 1.71. The number of benzene rings is 2. The maximum Gasteiger partial charge on any atom is 0.265 e. The molecular weight excluding hydrogens is 378 g/mol. The molecule has 3 rings (SSSR count). The minimum absolute atomic E-state index is 0.163. The quantitative estimate of drug-likeness (QED) is 0.675. The molecule has 23 heavy (non-hydrogen) atoms. The maximum atomic E-state index is 11.7. The largest absolute Gasteiger partial charge is 0.479 e. The van der Waals surface area contributed by atoms with Crippen LogP contribution in [0.4, 0.5) is 17.1 Å². The van der Waals surface area contributed by atoms with Crippen LogP contribution in [0.3, 0.4) is 0 Å². The summed E-state index contributed by atoms with van der Waals surface area (Å²) in [6.07, 6.45) is -0.486. The lowest BCUT2D eigenvalue weighted by Crippen LogP contribution is -2.34. The smallest absolute Gasteiger partial charge is 0.265 e. The van der Waals surface area contributed by atoms with Gasteiger partial charge in [-0.3, -0.25) is 4.79 Å². The molecule has 5 nitrogen and oxygen atoms in total. The molecule has 118 valence electrons. The zero-order valence-electron chi connectivity index (χ0n) is 12.2. The molecule has 0 saturated carbocycles. The van der Waals surface area contributed by atoms with Gasteiger partial charge in [0.25, 0.3) is 5.91 Å². The SMILES string of the molecule is C[C@H]1Oc2ccc(NC(=S)Nc3cccc(Br)c3)cc2NC1=O. The van der Waals surface area contributed by atoms with E-state index < -0.39 is 6.10 Å². The van der Waals surface area contributed by atoms with E-state index in [2.05, 4.69) is 31.9 Å². The molecular formula is C16H14BrN3O2S. The highest BCUT2D eigenvalue weighted by molar-refractivity contribution is 9.10. The number of hydrogen-bond donors (Lipinski definition) is 3. The minimum atomic E-state index is -0.486. The summed E-state index contributed by atoms with van der Waals surface area (Å²) in [5.74, 6) is 0.484. The van der Waals surface area contributed by atoms with E-state index in [0.717, 1.165) is 15.8 Å². The van der Waals surface area contributed by atoms with Crippen LogP contribution in [0.1, 0.15) is 6.92 Å². The number of nitrogens with one attached hydrogen (secondary N) is 3. The lowest BCUT2D eigenvalue weighted by atomic mass is 10.2. The molecule has 2 aromatic rings. The van der Waals surface area contributed by atoms with Gasteiger partial charge in [-0.05, 0) is 55.5 Å². The number of carbonyl (C=O) groups excluding carboxylic acids is 1. The Morgan fingerprint density at radius 2 is 1.96 bits per heavy atom. The van der Waals surface area contributed by atoms with Gasteiger partial charge in [0.2, 0.25) is 0 Å². The number of thiocarbonyl (C=S) groups is 1. The first-order chi connectivity index (χ1) is 11.0. The van der Waals surface area contributed by atoms with Crippen molar-refractivity contribution in [3.63, 3.8) is 0 Å². The van der Waals surface area contributed by atoms with Crippen LogP contribution in [-0.2, 0) is 4.79 Å². The molecule has 1 amide bonds. The number of amides is 1. The molecule has 1 atom stereocenters. The third kappa shape index (κ3) is 3.80. The first-order valence-electron chi connectivity index (χ1n) is 6.96. The van der Waals surface area contributed by atoms with Gasteiger partial charge in [0, 0.05) is 15.8 Å².